The third-order valence-corrected chi connectivity index (χ3v) is 3.77. The van der Waals surface area contributed by atoms with Crippen molar-refractivity contribution < 1.29 is 5.11 Å². The summed E-state index contributed by atoms with van der Waals surface area (Å²) in [7, 11) is 2.17. The minimum atomic E-state index is 0.0367. The third-order valence-electron chi connectivity index (χ3n) is 3.77. The summed E-state index contributed by atoms with van der Waals surface area (Å²) in [5.41, 5.74) is 0.0367. The van der Waals surface area contributed by atoms with Gasteiger partial charge in [0.25, 0.3) is 0 Å². The van der Waals surface area contributed by atoms with Crippen LogP contribution in [-0.2, 0) is 0 Å². The van der Waals surface area contributed by atoms with Gasteiger partial charge in [0, 0.05) is 37.7 Å². The first-order valence-corrected chi connectivity index (χ1v) is 6.51. The summed E-state index contributed by atoms with van der Waals surface area (Å²) >= 11 is 0. The van der Waals surface area contributed by atoms with Crippen molar-refractivity contribution in [2.24, 2.45) is 5.41 Å². The minimum Gasteiger partial charge on any atom is -0.396 e. The Morgan fingerprint density at radius 3 is 2.44 bits per heavy atom. The Labute approximate surface area is 101 Å². The molecule has 0 aromatic carbocycles. The molecule has 0 radical (unpaired) electrons. The Bertz CT molecular complexity index is 169. The normalized spacial score (nSPS) is 17.4. The number of hydrogen-bond acceptors (Lipinski definition) is 3. The average molecular weight is 230 g/mol. The molecule has 16 heavy (non-hydrogen) atoms. The van der Waals surface area contributed by atoms with Crippen molar-refractivity contribution in [3.63, 3.8) is 0 Å². The van der Waals surface area contributed by atoms with E-state index in [1.807, 2.05) is 0 Å². The van der Waals surface area contributed by atoms with Crippen LogP contribution in [0.2, 0.25) is 0 Å². The molecule has 0 bridgehead atoms. The van der Waals surface area contributed by atoms with E-state index in [4.69, 9.17) is 0 Å². The number of rotatable bonds is 9. The van der Waals surface area contributed by atoms with Crippen molar-refractivity contribution >= 4 is 0 Å². The smallest absolute Gasteiger partial charge is 0.0496 e. The zero-order valence-electron chi connectivity index (χ0n) is 11.7. The van der Waals surface area contributed by atoms with Gasteiger partial charge in [-0.05, 0) is 26.8 Å². The van der Waals surface area contributed by atoms with Gasteiger partial charge in [-0.15, -0.1) is 0 Å². The molecule has 2 unspecified atom stereocenters. The molecule has 2 N–H and O–H groups in total. The fourth-order valence-electron chi connectivity index (χ4n) is 1.47. The van der Waals surface area contributed by atoms with Crippen LogP contribution in [0.5, 0.6) is 0 Å². The highest BCUT2D eigenvalue weighted by Crippen LogP contribution is 2.17. The lowest BCUT2D eigenvalue weighted by molar-refractivity contribution is 0.133. The Morgan fingerprint density at radius 1 is 1.38 bits per heavy atom. The van der Waals surface area contributed by atoms with Gasteiger partial charge in [-0.3, -0.25) is 0 Å². The van der Waals surface area contributed by atoms with Crippen LogP contribution in [0.3, 0.4) is 0 Å². The van der Waals surface area contributed by atoms with Crippen molar-refractivity contribution in [1.82, 2.24) is 10.2 Å². The van der Waals surface area contributed by atoms with Gasteiger partial charge < -0.3 is 15.3 Å². The monoisotopic (exact) mass is 230 g/mol. The first kappa shape index (κ1) is 15.9. The zero-order valence-corrected chi connectivity index (χ0v) is 11.7. The number of hydrogen-bond donors (Lipinski definition) is 2. The van der Waals surface area contributed by atoms with Crippen LogP contribution < -0.4 is 5.32 Å². The SMILES string of the molecule is CCC(C)N(C)CCNCC(C)(CC)CO. The quantitative estimate of drug-likeness (QED) is 0.592. The Balaban J connectivity index is 3.67. The third kappa shape index (κ3) is 5.83. The maximum absolute atomic E-state index is 9.27. The highest BCUT2D eigenvalue weighted by molar-refractivity contribution is 4.74. The summed E-state index contributed by atoms with van der Waals surface area (Å²) in [6.07, 6.45) is 2.21. The first-order chi connectivity index (χ1) is 7.49. The molecule has 0 amide bonds. The molecule has 0 aromatic heterocycles. The van der Waals surface area contributed by atoms with E-state index >= 15 is 0 Å². The number of likely N-dealkylation sites (N-methyl/N-ethyl adjacent to an activating group) is 1. The van der Waals surface area contributed by atoms with Gasteiger partial charge >= 0.3 is 0 Å². The van der Waals surface area contributed by atoms with E-state index in [0.717, 1.165) is 26.1 Å². The van der Waals surface area contributed by atoms with Crippen molar-refractivity contribution in [3.05, 3.63) is 0 Å². The molecular formula is C13H30N2O. The van der Waals surface area contributed by atoms with E-state index in [2.05, 4.69) is 45.0 Å². The van der Waals surface area contributed by atoms with Crippen molar-refractivity contribution in [3.8, 4) is 0 Å². The molecule has 3 nitrogen and oxygen atoms in total. The highest BCUT2D eigenvalue weighted by Gasteiger charge is 2.20. The fourth-order valence-corrected chi connectivity index (χ4v) is 1.47. The second kappa shape index (κ2) is 8.04. The lowest BCUT2D eigenvalue weighted by Gasteiger charge is -2.28. The number of nitrogens with zero attached hydrogens (tertiary/aromatic N) is 1. The summed E-state index contributed by atoms with van der Waals surface area (Å²) in [5, 5.41) is 12.7. The van der Waals surface area contributed by atoms with E-state index < -0.39 is 0 Å². The lowest BCUT2D eigenvalue weighted by Crippen LogP contribution is -2.39. The molecule has 0 aliphatic rings. The number of aliphatic hydroxyl groups excluding tert-OH is 1. The van der Waals surface area contributed by atoms with Gasteiger partial charge in [-0.25, -0.2) is 0 Å². The van der Waals surface area contributed by atoms with Crippen LogP contribution in [0.4, 0.5) is 0 Å². The summed E-state index contributed by atoms with van der Waals surface area (Å²) in [6.45, 7) is 11.9. The topological polar surface area (TPSA) is 35.5 Å². The van der Waals surface area contributed by atoms with Crippen LogP contribution >= 0.6 is 0 Å². The van der Waals surface area contributed by atoms with E-state index in [9.17, 15) is 5.11 Å². The molecule has 98 valence electrons. The van der Waals surface area contributed by atoms with E-state index in [1.54, 1.807) is 0 Å². The Hall–Kier alpha value is -0.120. The first-order valence-electron chi connectivity index (χ1n) is 6.51. The Morgan fingerprint density at radius 2 is 2.00 bits per heavy atom. The molecule has 0 aliphatic heterocycles. The molecule has 0 rings (SSSR count). The van der Waals surface area contributed by atoms with E-state index in [1.165, 1.54) is 6.42 Å². The fraction of sp³-hybridized carbons (Fsp3) is 1.00. The van der Waals surface area contributed by atoms with E-state index in [-0.39, 0.29) is 12.0 Å². The van der Waals surface area contributed by atoms with Crippen molar-refractivity contribution in [2.75, 3.05) is 33.3 Å². The molecule has 0 spiro atoms. The van der Waals surface area contributed by atoms with Crippen LogP contribution in [0.15, 0.2) is 0 Å². The van der Waals surface area contributed by atoms with Crippen LogP contribution in [0.25, 0.3) is 0 Å². The molecule has 0 heterocycles. The zero-order chi connectivity index (χ0) is 12.6. The highest BCUT2D eigenvalue weighted by atomic mass is 16.3. The maximum Gasteiger partial charge on any atom is 0.0496 e. The molecule has 3 heteroatoms. The minimum absolute atomic E-state index is 0.0367. The van der Waals surface area contributed by atoms with Gasteiger partial charge in [-0.1, -0.05) is 20.8 Å². The maximum atomic E-state index is 9.27. The summed E-state index contributed by atoms with van der Waals surface area (Å²) in [5.74, 6) is 0. The van der Waals surface area contributed by atoms with Crippen LogP contribution in [0.1, 0.15) is 40.5 Å². The second-order valence-corrected chi connectivity index (χ2v) is 5.24. The van der Waals surface area contributed by atoms with Gasteiger partial charge in [0.2, 0.25) is 0 Å². The number of nitrogens with one attached hydrogen (secondary N) is 1. The molecule has 0 saturated carbocycles. The predicted molar refractivity (Wildman–Crippen MR) is 70.7 cm³/mol. The molecule has 0 aromatic rings. The van der Waals surface area contributed by atoms with E-state index in [0.29, 0.717) is 6.04 Å². The molecule has 2 atom stereocenters. The summed E-state index contributed by atoms with van der Waals surface area (Å²) < 4.78 is 0. The predicted octanol–water partition coefficient (Wildman–Crippen LogP) is 1.71. The van der Waals surface area contributed by atoms with Crippen molar-refractivity contribution in [1.29, 1.82) is 0 Å². The molecule has 0 saturated heterocycles. The van der Waals surface area contributed by atoms with Crippen LogP contribution in [0, 0.1) is 5.41 Å². The summed E-state index contributed by atoms with van der Waals surface area (Å²) in [6, 6.07) is 0.650. The van der Waals surface area contributed by atoms with Gasteiger partial charge in [0.1, 0.15) is 0 Å². The summed E-state index contributed by atoms with van der Waals surface area (Å²) in [4.78, 5) is 2.37. The van der Waals surface area contributed by atoms with Gasteiger partial charge in [0.15, 0.2) is 0 Å². The standard InChI is InChI=1S/C13H30N2O/c1-6-12(3)15(5)9-8-14-10-13(4,7-2)11-16/h12,14,16H,6-11H2,1-5H3. The van der Waals surface area contributed by atoms with Gasteiger partial charge in [0.05, 0.1) is 0 Å². The van der Waals surface area contributed by atoms with Crippen LogP contribution in [-0.4, -0.2) is 49.3 Å². The second-order valence-electron chi connectivity index (χ2n) is 5.24. The molecule has 0 fully saturated rings. The lowest BCUT2D eigenvalue weighted by atomic mass is 9.89. The van der Waals surface area contributed by atoms with Crippen molar-refractivity contribution in [2.45, 2.75) is 46.6 Å². The molecular weight excluding hydrogens is 200 g/mol. The number of aliphatic hydroxyl groups is 1. The Kier molecular flexibility index (Phi) is 7.98. The molecule has 0 aliphatic carbocycles. The van der Waals surface area contributed by atoms with Gasteiger partial charge in [-0.2, -0.15) is 0 Å². The average Bonchev–Trinajstić information content (AvgIpc) is 2.32. The largest absolute Gasteiger partial charge is 0.396 e.